The van der Waals surface area contributed by atoms with Crippen LogP contribution in [0, 0.1) is 0 Å². The maximum Gasteiger partial charge on any atom is 1.00 e. The van der Waals surface area contributed by atoms with E-state index in [1.807, 2.05) is 30.3 Å². The van der Waals surface area contributed by atoms with E-state index in [1.54, 1.807) is 20.8 Å². The van der Waals surface area contributed by atoms with Crippen LogP contribution in [0.15, 0.2) is 42.5 Å². The Kier molecular flexibility index (Phi) is 6.13. The van der Waals surface area contributed by atoms with E-state index < -0.39 is 17.6 Å². The van der Waals surface area contributed by atoms with Crippen molar-refractivity contribution in [1.82, 2.24) is 4.90 Å². The Morgan fingerprint density at radius 1 is 1.33 bits per heavy atom. The van der Waals surface area contributed by atoms with E-state index in [0.717, 1.165) is 11.8 Å². The molecule has 0 N–H and O–H groups in total. The van der Waals surface area contributed by atoms with E-state index in [0.29, 0.717) is 0 Å². The molecule has 1 atom stereocenters. The normalized spacial score (nSPS) is 18.1. The molecule has 0 radical (unpaired) electrons. The zero-order chi connectivity index (χ0) is 14.8. The van der Waals surface area contributed by atoms with Crippen LogP contribution in [0.2, 0.25) is 0 Å². The molecular weight excluding hydrogens is 281 g/mol. The van der Waals surface area contributed by atoms with Gasteiger partial charge < -0.3 is 14.6 Å². The monoisotopic (exact) mass is 299 g/mol. The predicted octanol–water partition coefficient (Wildman–Crippen LogP) is -0.842. The molecule has 1 aromatic carbocycles. The molecule has 1 aliphatic rings. The molecule has 1 amide bonds. The maximum atomic E-state index is 12.2. The Bertz CT molecular complexity index is 510. The van der Waals surface area contributed by atoms with E-state index in [1.165, 1.54) is 4.90 Å². The zero-order valence-electron chi connectivity index (χ0n) is 12.8. The minimum absolute atomic E-state index is 0. The van der Waals surface area contributed by atoms with Gasteiger partial charge in [-0.3, -0.25) is 4.90 Å². The van der Waals surface area contributed by atoms with Crippen LogP contribution in [0.25, 0.3) is 0 Å². The van der Waals surface area contributed by atoms with Gasteiger partial charge >= 0.3 is 35.7 Å². The van der Waals surface area contributed by atoms with E-state index in [4.69, 9.17) is 9.47 Å². The predicted molar refractivity (Wildman–Crippen MR) is 71.3 cm³/mol. The molecule has 0 fully saturated rings. The Labute approximate surface area is 146 Å². The number of carbonyl (C=O) groups is 1. The summed E-state index contributed by atoms with van der Waals surface area (Å²) < 4.78 is 10.3. The fourth-order valence-corrected chi connectivity index (χ4v) is 1.91. The van der Waals surface area contributed by atoms with E-state index in [2.05, 4.69) is 0 Å². The van der Waals surface area contributed by atoms with Crippen molar-refractivity contribution >= 4 is 6.09 Å². The van der Waals surface area contributed by atoms with Gasteiger partial charge in [-0.1, -0.05) is 30.3 Å². The van der Waals surface area contributed by atoms with Crippen molar-refractivity contribution in [2.75, 3.05) is 6.61 Å². The smallest absolute Gasteiger partial charge is 0.610 e. The molecule has 0 aromatic heterocycles. The standard InChI is InChI=1S/C15H19NO4.Na/c1-15(2,3)20-14(18)16-9-13(17)19-10-12(16)11-7-5-4-6-8-11;/h4-9,12,17H,10H2,1-3H3;/q;+1/p-1/t12-;/m0./s1. The molecule has 2 rings (SSSR count). The topological polar surface area (TPSA) is 61.8 Å². The molecule has 21 heavy (non-hydrogen) atoms. The maximum absolute atomic E-state index is 12.2. The van der Waals surface area contributed by atoms with Gasteiger partial charge in [0.1, 0.15) is 5.60 Å². The summed E-state index contributed by atoms with van der Waals surface area (Å²) in [7, 11) is 0. The summed E-state index contributed by atoms with van der Waals surface area (Å²) in [6.07, 6.45) is 0.595. The second-order valence-electron chi connectivity index (χ2n) is 5.57. The summed E-state index contributed by atoms with van der Waals surface area (Å²) in [5, 5.41) is 11.4. The molecule has 0 unspecified atom stereocenters. The van der Waals surface area contributed by atoms with Gasteiger partial charge in [0.2, 0.25) is 0 Å². The quantitative estimate of drug-likeness (QED) is 0.634. The third kappa shape index (κ3) is 4.95. The van der Waals surface area contributed by atoms with Gasteiger partial charge in [-0.05, 0) is 26.3 Å². The molecule has 5 nitrogen and oxygen atoms in total. The van der Waals surface area contributed by atoms with Gasteiger partial charge in [0.05, 0.1) is 12.0 Å². The third-order valence-corrected chi connectivity index (χ3v) is 2.75. The van der Waals surface area contributed by atoms with Crippen molar-refractivity contribution in [3.63, 3.8) is 0 Å². The number of nitrogens with zero attached hydrogens (tertiary/aromatic N) is 1. The van der Waals surface area contributed by atoms with Gasteiger partial charge in [0.25, 0.3) is 0 Å². The SMILES string of the molecule is CC(C)(C)OC(=O)N1C=C([O-])OC[C@H]1c1ccccc1.[Na+]. The van der Waals surface area contributed by atoms with Gasteiger partial charge in [-0.15, -0.1) is 0 Å². The first kappa shape index (κ1) is 17.9. The Morgan fingerprint density at radius 2 is 1.95 bits per heavy atom. The largest absolute Gasteiger partial charge is 1.00 e. The van der Waals surface area contributed by atoms with Gasteiger partial charge in [0, 0.05) is 12.8 Å². The molecule has 0 saturated heterocycles. The van der Waals surface area contributed by atoms with Crippen LogP contribution in [-0.2, 0) is 9.47 Å². The van der Waals surface area contributed by atoms with Crippen molar-refractivity contribution in [2.45, 2.75) is 32.4 Å². The molecule has 0 saturated carbocycles. The fraction of sp³-hybridized carbons (Fsp3) is 0.400. The van der Waals surface area contributed by atoms with Crippen molar-refractivity contribution in [3.05, 3.63) is 48.0 Å². The number of ether oxygens (including phenoxy) is 2. The van der Waals surface area contributed by atoms with Crippen LogP contribution >= 0.6 is 0 Å². The molecule has 1 aromatic rings. The molecule has 0 aliphatic carbocycles. The number of hydrogen-bond donors (Lipinski definition) is 0. The summed E-state index contributed by atoms with van der Waals surface area (Å²) in [6.45, 7) is 5.47. The Balaban J connectivity index is 0.00000220. The van der Waals surface area contributed by atoms with E-state index >= 15 is 0 Å². The van der Waals surface area contributed by atoms with Crippen LogP contribution in [0.3, 0.4) is 0 Å². The number of hydrogen-bond acceptors (Lipinski definition) is 4. The molecule has 108 valence electrons. The molecular formula is C15H18NNaO4. The average Bonchev–Trinajstić information content (AvgIpc) is 2.37. The minimum atomic E-state index is -0.618. The molecule has 0 spiro atoms. The first-order chi connectivity index (χ1) is 9.37. The molecule has 0 bridgehead atoms. The fourth-order valence-electron chi connectivity index (χ4n) is 1.91. The molecule has 1 heterocycles. The van der Waals surface area contributed by atoms with Gasteiger partial charge in [0.15, 0.2) is 0 Å². The second kappa shape index (κ2) is 7.20. The first-order valence-electron chi connectivity index (χ1n) is 6.45. The van der Waals surface area contributed by atoms with Crippen LogP contribution < -0.4 is 34.7 Å². The molecule has 6 heteroatoms. The summed E-state index contributed by atoms with van der Waals surface area (Å²) in [4.78, 5) is 13.5. The Hall–Kier alpha value is -1.17. The number of benzene rings is 1. The van der Waals surface area contributed by atoms with Gasteiger partial charge in [-0.2, -0.15) is 0 Å². The molecule has 1 aliphatic heterocycles. The number of carbonyl (C=O) groups excluding carboxylic acids is 1. The average molecular weight is 299 g/mol. The van der Waals surface area contributed by atoms with Gasteiger partial charge in [-0.25, -0.2) is 4.79 Å². The van der Waals surface area contributed by atoms with Crippen molar-refractivity contribution in [3.8, 4) is 0 Å². The summed E-state index contributed by atoms with van der Waals surface area (Å²) in [5.74, 6) is -0.539. The number of rotatable bonds is 1. The van der Waals surface area contributed by atoms with Crippen molar-refractivity contribution in [2.24, 2.45) is 0 Å². The van der Waals surface area contributed by atoms with Crippen LogP contribution in [0.1, 0.15) is 32.4 Å². The number of amides is 1. The van der Waals surface area contributed by atoms with E-state index in [-0.39, 0.29) is 42.2 Å². The second-order valence-corrected chi connectivity index (χ2v) is 5.57. The van der Waals surface area contributed by atoms with E-state index in [9.17, 15) is 9.90 Å². The van der Waals surface area contributed by atoms with Crippen molar-refractivity contribution in [1.29, 1.82) is 0 Å². The van der Waals surface area contributed by atoms with Crippen LogP contribution in [0.5, 0.6) is 0 Å². The summed E-state index contributed by atoms with van der Waals surface area (Å²) in [5.41, 5.74) is 0.273. The summed E-state index contributed by atoms with van der Waals surface area (Å²) in [6, 6.07) is 9.05. The van der Waals surface area contributed by atoms with Crippen LogP contribution in [-0.4, -0.2) is 23.2 Å². The summed E-state index contributed by atoms with van der Waals surface area (Å²) >= 11 is 0. The van der Waals surface area contributed by atoms with Crippen LogP contribution in [0.4, 0.5) is 4.79 Å². The Morgan fingerprint density at radius 3 is 2.52 bits per heavy atom. The zero-order valence-corrected chi connectivity index (χ0v) is 14.8. The minimum Gasteiger partial charge on any atom is -0.610 e. The first-order valence-corrected chi connectivity index (χ1v) is 6.45. The third-order valence-electron chi connectivity index (χ3n) is 2.75. The van der Waals surface area contributed by atoms with Crippen molar-refractivity contribution < 1.29 is 48.9 Å².